The number of likely N-dealkylation sites (tertiary alicyclic amines) is 1. The third kappa shape index (κ3) is 3.87. The highest BCUT2D eigenvalue weighted by atomic mass is 35.5. The van der Waals surface area contributed by atoms with Crippen LogP contribution in [0.1, 0.15) is 32.6 Å². The van der Waals surface area contributed by atoms with Crippen LogP contribution in [-0.2, 0) is 4.79 Å². The maximum atomic E-state index is 11.4. The highest BCUT2D eigenvalue weighted by Crippen LogP contribution is 2.36. The van der Waals surface area contributed by atoms with E-state index < -0.39 is 11.4 Å². The lowest BCUT2D eigenvalue weighted by atomic mass is 9.75. The minimum atomic E-state index is -0.655. The van der Waals surface area contributed by atoms with E-state index in [1.165, 1.54) is 5.54 Å². The molecule has 0 unspecified atom stereocenters. The van der Waals surface area contributed by atoms with Crippen molar-refractivity contribution in [2.24, 2.45) is 5.41 Å². The van der Waals surface area contributed by atoms with Crippen molar-refractivity contribution in [3.05, 3.63) is 10.6 Å². The van der Waals surface area contributed by atoms with E-state index in [4.69, 9.17) is 23.2 Å². The molecule has 1 saturated heterocycles. The quantitative estimate of drug-likeness (QED) is 0.840. The fourth-order valence-corrected chi connectivity index (χ4v) is 2.67. The number of hydrogen-bond acceptors (Lipinski definition) is 2. The number of rotatable bonds is 5. The van der Waals surface area contributed by atoms with Crippen LogP contribution in [0.15, 0.2) is 10.6 Å². The molecule has 1 fully saturated rings. The molecule has 0 bridgehead atoms. The Labute approximate surface area is 112 Å². The number of carbonyl (C=O) groups is 1. The van der Waals surface area contributed by atoms with E-state index in [1.54, 1.807) is 0 Å². The Morgan fingerprint density at radius 1 is 1.47 bits per heavy atom. The molecule has 1 rings (SSSR count). The molecule has 0 aromatic heterocycles. The van der Waals surface area contributed by atoms with Gasteiger partial charge in [-0.1, -0.05) is 36.5 Å². The largest absolute Gasteiger partial charge is 0.481 e. The topological polar surface area (TPSA) is 40.5 Å². The molecule has 0 atom stereocenters. The van der Waals surface area contributed by atoms with E-state index in [9.17, 15) is 9.90 Å². The first-order valence-corrected chi connectivity index (χ1v) is 6.76. The number of hydrogen-bond donors (Lipinski definition) is 1. The zero-order chi connectivity index (χ0) is 12.9. The highest BCUT2D eigenvalue weighted by molar-refractivity contribution is 6.36. The van der Waals surface area contributed by atoms with Crippen molar-refractivity contribution in [3.63, 3.8) is 0 Å². The second-order valence-corrected chi connectivity index (χ2v) is 5.37. The summed E-state index contributed by atoms with van der Waals surface area (Å²) >= 11 is 11.4. The highest BCUT2D eigenvalue weighted by Gasteiger charge is 2.40. The fraction of sp³-hybridized carbons (Fsp3) is 0.750. The molecule has 0 aromatic carbocycles. The number of piperidine rings is 1. The molecule has 1 N–H and O–H groups in total. The predicted octanol–water partition coefficient (Wildman–Crippen LogP) is 3.27. The minimum absolute atomic E-state index is 0.525. The van der Waals surface area contributed by atoms with Gasteiger partial charge in [-0.25, -0.2) is 0 Å². The molecule has 0 amide bonds. The second kappa shape index (κ2) is 6.62. The van der Waals surface area contributed by atoms with Crippen LogP contribution in [0.2, 0.25) is 0 Å². The van der Waals surface area contributed by atoms with Crippen molar-refractivity contribution in [2.75, 3.05) is 19.6 Å². The molecule has 1 heterocycles. The normalized spacial score (nSPS) is 21.5. The summed E-state index contributed by atoms with van der Waals surface area (Å²) < 4.78 is 0. The van der Waals surface area contributed by atoms with E-state index in [-0.39, 0.29) is 0 Å². The van der Waals surface area contributed by atoms with E-state index in [0.717, 1.165) is 25.9 Å². The molecular formula is C12H19Cl2NO2. The van der Waals surface area contributed by atoms with Crippen molar-refractivity contribution in [1.82, 2.24) is 4.90 Å². The lowest BCUT2D eigenvalue weighted by Crippen LogP contribution is -2.44. The SMILES string of the molecule is CCCC1(C(=O)O)CCN(CC(Cl)=CCl)CC1. The van der Waals surface area contributed by atoms with E-state index in [0.29, 0.717) is 24.4 Å². The van der Waals surface area contributed by atoms with Crippen molar-refractivity contribution < 1.29 is 9.90 Å². The zero-order valence-corrected chi connectivity index (χ0v) is 11.6. The van der Waals surface area contributed by atoms with Gasteiger partial charge in [-0.3, -0.25) is 9.69 Å². The lowest BCUT2D eigenvalue weighted by molar-refractivity contribution is -0.152. The fourth-order valence-electron chi connectivity index (χ4n) is 2.44. The van der Waals surface area contributed by atoms with Gasteiger partial charge in [0.15, 0.2) is 0 Å². The first kappa shape index (κ1) is 14.8. The van der Waals surface area contributed by atoms with Crippen LogP contribution in [0.5, 0.6) is 0 Å². The van der Waals surface area contributed by atoms with Gasteiger partial charge >= 0.3 is 5.97 Å². The van der Waals surface area contributed by atoms with E-state index in [1.807, 2.05) is 6.92 Å². The molecule has 0 radical (unpaired) electrons. The molecule has 0 saturated carbocycles. The van der Waals surface area contributed by atoms with Gasteiger partial charge in [0.05, 0.1) is 5.41 Å². The summed E-state index contributed by atoms with van der Waals surface area (Å²) in [5.74, 6) is -0.655. The van der Waals surface area contributed by atoms with Gasteiger partial charge in [-0.15, -0.1) is 0 Å². The van der Waals surface area contributed by atoms with Crippen LogP contribution in [0.3, 0.4) is 0 Å². The van der Waals surface area contributed by atoms with Gasteiger partial charge in [0, 0.05) is 17.1 Å². The van der Waals surface area contributed by atoms with Gasteiger partial charge in [0.25, 0.3) is 0 Å². The Morgan fingerprint density at radius 3 is 2.47 bits per heavy atom. The molecule has 1 aliphatic rings. The number of nitrogens with zero attached hydrogens (tertiary/aromatic N) is 1. The predicted molar refractivity (Wildman–Crippen MR) is 70.4 cm³/mol. The van der Waals surface area contributed by atoms with Crippen LogP contribution in [0.4, 0.5) is 0 Å². The molecule has 1 aliphatic heterocycles. The number of carboxylic acids is 1. The Hall–Kier alpha value is -0.250. The summed E-state index contributed by atoms with van der Waals surface area (Å²) in [6, 6.07) is 0. The third-order valence-corrected chi connectivity index (χ3v) is 4.09. The smallest absolute Gasteiger partial charge is 0.309 e. The maximum Gasteiger partial charge on any atom is 0.309 e. The van der Waals surface area contributed by atoms with Crippen molar-refractivity contribution in [2.45, 2.75) is 32.6 Å². The molecule has 0 aromatic rings. The summed E-state index contributed by atoms with van der Waals surface area (Å²) in [5.41, 5.74) is 0.842. The van der Waals surface area contributed by atoms with Crippen molar-refractivity contribution in [3.8, 4) is 0 Å². The van der Waals surface area contributed by atoms with Crippen LogP contribution in [0.25, 0.3) is 0 Å². The molecule has 0 spiro atoms. The molecule has 5 heteroatoms. The van der Waals surface area contributed by atoms with E-state index in [2.05, 4.69) is 4.90 Å². The summed E-state index contributed by atoms with van der Waals surface area (Å²) in [4.78, 5) is 13.5. The van der Waals surface area contributed by atoms with Gasteiger partial charge in [0.1, 0.15) is 0 Å². The summed E-state index contributed by atoms with van der Waals surface area (Å²) in [6.45, 7) is 4.19. The first-order chi connectivity index (χ1) is 8.04. The summed E-state index contributed by atoms with van der Waals surface area (Å²) in [6.07, 6.45) is 3.06. The van der Waals surface area contributed by atoms with Crippen LogP contribution >= 0.6 is 23.2 Å². The Morgan fingerprint density at radius 2 is 2.06 bits per heavy atom. The van der Waals surface area contributed by atoms with Gasteiger partial charge < -0.3 is 5.11 Å². The Kier molecular flexibility index (Phi) is 5.77. The molecule has 0 aliphatic carbocycles. The molecule has 98 valence electrons. The molecule has 3 nitrogen and oxygen atoms in total. The van der Waals surface area contributed by atoms with Crippen LogP contribution in [-0.4, -0.2) is 35.6 Å². The summed E-state index contributed by atoms with van der Waals surface area (Å²) in [5, 5.41) is 9.96. The number of halogens is 2. The molecule has 17 heavy (non-hydrogen) atoms. The minimum Gasteiger partial charge on any atom is -0.481 e. The average molecular weight is 280 g/mol. The van der Waals surface area contributed by atoms with Crippen LogP contribution < -0.4 is 0 Å². The lowest BCUT2D eigenvalue weighted by Gasteiger charge is -2.38. The van der Waals surface area contributed by atoms with Gasteiger partial charge in [0.2, 0.25) is 0 Å². The number of carboxylic acid groups (broad SMARTS) is 1. The number of aliphatic carboxylic acids is 1. The third-order valence-electron chi connectivity index (χ3n) is 3.49. The standard InChI is InChI=1S/C12H19Cl2NO2/c1-2-3-12(11(16)17)4-6-15(7-5-12)9-10(14)8-13/h8H,2-7,9H2,1H3,(H,16,17). The first-order valence-electron chi connectivity index (χ1n) is 5.94. The maximum absolute atomic E-state index is 11.4. The summed E-state index contributed by atoms with van der Waals surface area (Å²) in [7, 11) is 0. The van der Waals surface area contributed by atoms with E-state index >= 15 is 0 Å². The van der Waals surface area contributed by atoms with Gasteiger partial charge in [-0.05, 0) is 32.4 Å². The monoisotopic (exact) mass is 279 g/mol. The Balaban J connectivity index is 2.55. The second-order valence-electron chi connectivity index (χ2n) is 4.67. The van der Waals surface area contributed by atoms with Gasteiger partial charge in [-0.2, -0.15) is 0 Å². The Bertz CT molecular complexity index is 297. The van der Waals surface area contributed by atoms with Crippen LogP contribution in [0, 0.1) is 5.41 Å². The zero-order valence-electron chi connectivity index (χ0n) is 10.1. The average Bonchev–Trinajstić information content (AvgIpc) is 2.31. The van der Waals surface area contributed by atoms with Crippen molar-refractivity contribution >= 4 is 29.2 Å². The molecular weight excluding hydrogens is 261 g/mol. The van der Waals surface area contributed by atoms with Crippen molar-refractivity contribution in [1.29, 1.82) is 0 Å².